The standard InChI is InChI=1S/C14H14O/c1-10(2)12-8-7-11-5-3-4-6-13(11)14(12)9-15/h3-10H,1-2H3. The van der Waals surface area contributed by atoms with Crippen molar-refractivity contribution in [3.63, 3.8) is 0 Å². The van der Waals surface area contributed by atoms with Gasteiger partial charge in [0.2, 0.25) is 0 Å². The highest BCUT2D eigenvalue weighted by Crippen LogP contribution is 2.25. The van der Waals surface area contributed by atoms with E-state index in [1.165, 1.54) is 0 Å². The molecule has 15 heavy (non-hydrogen) atoms. The normalized spacial score (nSPS) is 10.9. The number of carbonyl (C=O) groups excluding carboxylic acids is 1. The second-order valence-corrected chi connectivity index (χ2v) is 4.06. The summed E-state index contributed by atoms with van der Waals surface area (Å²) in [5.74, 6) is 0.384. The molecule has 2 aromatic carbocycles. The highest BCUT2D eigenvalue weighted by Gasteiger charge is 2.08. The lowest BCUT2D eigenvalue weighted by Gasteiger charge is -2.11. The lowest BCUT2D eigenvalue weighted by Crippen LogP contribution is -1.96. The Labute approximate surface area is 89.7 Å². The second kappa shape index (κ2) is 3.85. The molecular formula is C14H14O. The molecule has 0 aliphatic heterocycles. The van der Waals surface area contributed by atoms with Crippen LogP contribution in [0.3, 0.4) is 0 Å². The molecule has 0 bridgehead atoms. The van der Waals surface area contributed by atoms with Crippen LogP contribution in [-0.4, -0.2) is 6.29 Å². The van der Waals surface area contributed by atoms with E-state index in [0.29, 0.717) is 5.92 Å². The molecular weight excluding hydrogens is 184 g/mol. The first-order chi connectivity index (χ1) is 7.24. The van der Waals surface area contributed by atoms with Crippen LogP contribution in [0.15, 0.2) is 36.4 Å². The first kappa shape index (κ1) is 9.91. The number of rotatable bonds is 2. The number of benzene rings is 2. The SMILES string of the molecule is CC(C)c1ccc2ccccc2c1C=O. The van der Waals surface area contributed by atoms with Gasteiger partial charge in [-0.15, -0.1) is 0 Å². The van der Waals surface area contributed by atoms with E-state index in [1.807, 2.05) is 24.3 Å². The highest BCUT2D eigenvalue weighted by atomic mass is 16.1. The zero-order valence-corrected chi connectivity index (χ0v) is 9.03. The Balaban J connectivity index is 2.81. The Hall–Kier alpha value is -1.63. The van der Waals surface area contributed by atoms with Gasteiger partial charge in [-0.3, -0.25) is 4.79 Å². The van der Waals surface area contributed by atoms with Crippen LogP contribution in [0.25, 0.3) is 10.8 Å². The van der Waals surface area contributed by atoms with Crippen LogP contribution in [-0.2, 0) is 0 Å². The number of hydrogen-bond donors (Lipinski definition) is 0. The third kappa shape index (κ3) is 1.65. The molecule has 0 radical (unpaired) electrons. The fourth-order valence-corrected chi connectivity index (χ4v) is 1.95. The molecule has 0 atom stereocenters. The molecule has 2 rings (SSSR count). The minimum atomic E-state index is 0.384. The molecule has 76 valence electrons. The average molecular weight is 198 g/mol. The number of fused-ring (bicyclic) bond motifs is 1. The van der Waals surface area contributed by atoms with Crippen LogP contribution < -0.4 is 0 Å². The van der Waals surface area contributed by atoms with Crippen molar-refractivity contribution in [2.24, 2.45) is 0 Å². The lowest BCUT2D eigenvalue weighted by molar-refractivity contribution is 0.112. The molecule has 0 unspecified atom stereocenters. The van der Waals surface area contributed by atoms with Crippen LogP contribution in [0.5, 0.6) is 0 Å². The fourth-order valence-electron chi connectivity index (χ4n) is 1.95. The van der Waals surface area contributed by atoms with Crippen molar-refractivity contribution < 1.29 is 4.79 Å². The van der Waals surface area contributed by atoms with Crippen molar-refractivity contribution in [2.75, 3.05) is 0 Å². The molecule has 0 fully saturated rings. The summed E-state index contributed by atoms with van der Waals surface area (Å²) in [6, 6.07) is 12.1. The molecule has 1 nitrogen and oxygen atoms in total. The first-order valence-electron chi connectivity index (χ1n) is 5.21. The lowest BCUT2D eigenvalue weighted by atomic mass is 9.93. The van der Waals surface area contributed by atoms with E-state index in [-0.39, 0.29) is 0 Å². The van der Waals surface area contributed by atoms with Crippen molar-refractivity contribution in [2.45, 2.75) is 19.8 Å². The Morgan fingerprint density at radius 2 is 1.80 bits per heavy atom. The summed E-state index contributed by atoms with van der Waals surface area (Å²) in [4.78, 5) is 11.1. The Morgan fingerprint density at radius 1 is 1.07 bits per heavy atom. The highest BCUT2D eigenvalue weighted by molar-refractivity contribution is 5.99. The summed E-state index contributed by atoms with van der Waals surface area (Å²) >= 11 is 0. The van der Waals surface area contributed by atoms with Crippen LogP contribution in [0.1, 0.15) is 35.7 Å². The minimum Gasteiger partial charge on any atom is -0.298 e. The maximum absolute atomic E-state index is 11.1. The summed E-state index contributed by atoms with van der Waals surface area (Å²) in [5.41, 5.74) is 1.96. The van der Waals surface area contributed by atoms with Gasteiger partial charge in [0, 0.05) is 5.56 Å². The zero-order chi connectivity index (χ0) is 10.8. The largest absolute Gasteiger partial charge is 0.298 e. The first-order valence-corrected chi connectivity index (χ1v) is 5.21. The maximum Gasteiger partial charge on any atom is 0.150 e. The third-order valence-electron chi connectivity index (χ3n) is 2.74. The van der Waals surface area contributed by atoms with E-state index in [9.17, 15) is 4.79 Å². The van der Waals surface area contributed by atoms with Gasteiger partial charge in [-0.1, -0.05) is 50.2 Å². The predicted octanol–water partition coefficient (Wildman–Crippen LogP) is 3.78. The summed E-state index contributed by atoms with van der Waals surface area (Å²) < 4.78 is 0. The van der Waals surface area contributed by atoms with Gasteiger partial charge in [-0.05, 0) is 22.3 Å². The summed E-state index contributed by atoms with van der Waals surface area (Å²) in [5, 5.41) is 2.18. The van der Waals surface area contributed by atoms with Gasteiger partial charge in [-0.2, -0.15) is 0 Å². The number of hydrogen-bond acceptors (Lipinski definition) is 1. The molecule has 0 N–H and O–H groups in total. The van der Waals surface area contributed by atoms with E-state index in [2.05, 4.69) is 26.0 Å². The second-order valence-electron chi connectivity index (χ2n) is 4.06. The van der Waals surface area contributed by atoms with Gasteiger partial charge in [0.05, 0.1) is 0 Å². The summed E-state index contributed by atoms with van der Waals surface area (Å²) in [6.45, 7) is 4.22. The van der Waals surface area contributed by atoms with Crippen molar-refractivity contribution in [3.8, 4) is 0 Å². The van der Waals surface area contributed by atoms with Gasteiger partial charge in [-0.25, -0.2) is 0 Å². The Morgan fingerprint density at radius 3 is 2.47 bits per heavy atom. The summed E-state index contributed by atoms with van der Waals surface area (Å²) in [6.07, 6.45) is 0.970. The molecule has 0 saturated heterocycles. The molecule has 0 aliphatic rings. The van der Waals surface area contributed by atoms with Gasteiger partial charge < -0.3 is 0 Å². The summed E-state index contributed by atoms with van der Waals surface area (Å²) in [7, 11) is 0. The predicted molar refractivity (Wildman–Crippen MR) is 63.4 cm³/mol. The van der Waals surface area contributed by atoms with Crippen molar-refractivity contribution in [1.29, 1.82) is 0 Å². The van der Waals surface area contributed by atoms with Gasteiger partial charge in [0.25, 0.3) is 0 Å². The van der Waals surface area contributed by atoms with Crippen LogP contribution in [0.4, 0.5) is 0 Å². The van der Waals surface area contributed by atoms with Crippen molar-refractivity contribution in [1.82, 2.24) is 0 Å². The third-order valence-corrected chi connectivity index (χ3v) is 2.74. The van der Waals surface area contributed by atoms with Crippen LogP contribution in [0, 0.1) is 0 Å². The zero-order valence-electron chi connectivity index (χ0n) is 9.03. The number of aldehydes is 1. The van der Waals surface area contributed by atoms with Crippen molar-refractivity contribution in [3.05, 3.63) is 47.5 Å². The molecule has 0 aromatic heterocycles. The quantitative estimate of drug-likeness (QED) is 0.671. The fraction of sp³-hybridized carbons (Fsp3) is 0.214. The molecule has 0 amide bonds. The molecule has 0 aliphatic carbocycles. The maximum atomic E-state index is 11.1. The topological polar surface area (TPSA) is 17.1 Å². The smallest absolute Gasteiger partial charge is 0.150 e. The van der Waals surface area contributed by atoms with Crippen LogP contribution >= 0.6 is 0 Å². The molecule has 2 aromatic rings. The molecule has 0 heterocycles. The van der Waals surface area contributed by atoms with Gasteiger partial charge in [0.15, 0.2) is 6.29 Å². The average Bonchev–Trinajstić information content (AvgIpc) is 2.27. The van der Waals surface area contributed by atoms with Crippen LogP contribution in [0.2, 0.25) is 0 Å². The molecule has 0 spiro atoms. The number of carbonyl (C=O) groups is 1. The van der Waals surface area contributed by atoms with Gasteiger partial charge >= 0.3 is 0 Å². The molecule has 1 heteroatoms. The Kier molecular flexibility index (Phi) is 2.55. The van der Waals surface area contributed by atoms with E-state index in [4.69, 9.17) is 0 Å². The Bertz CT molecular complexity index is 498. The van der Waals surface area contributed by atoms with E-state index >= 15 is 0 Å². The van der Waals surface area contributed by atoms with E-state index in [1.54, 1.807) is 0 Å². The van der Waals surface area contributed by atoms with E-state index < -0.39 is 0 Å². The molecule has 0 saturated carbocycles. The van der Waals surface area contributed by atoms with Gasteiger partial charge in [0.1, 0.15) is 0 Å². The van der Waals surface area contributed by atoms with Crippen molar-refractivity contribution >= 4 is 17.1 Å². The monoisotopic (exact) mass is 198 g/mol. The minimum absolute atomic E-state index is 0.384. The van der Waals surface area contributed by atoms with E-state index in [0.717, 1.165) is 28.2 Å².